The first kappa shape index (κ1) is 29.8. The summed E-state index contributed by atoms with van der Waals surface area (Å²) in [4.78, 5) is 0. The van der Waals surface area contributed by atoms with Gasteiger partial charge >= 0.3 is 0 Å². The highest BCUT2D eigenvalue weighted by atomic mass is 19.1. The molecule has 236 valence electrons. The van der Waals surface area contributed by atoms with Crippen molar-refractivity contribution in [3.63, 3.8) is 0 Å². The van der Waals surface area contributed by atoms with E-state index in [-0.39, 0.29) is 5.82 Å². The van der Waals surface area contributed by atoms with Gasteiger partial charge < -0.3 is 0 Å². The van der Waals surface area contributed by atoms with Crippen LogP contribution in [0.15, 0.2) is 176 Å². The first-order valence-corrected chi connectivity index (χ1v) is 17.0. The summed E-state index contributed by atoms with van der Waals surface area (Å²) in [6.07, 6.45) is 0. The largest absolute Gasteiger partial charge is 0.207 e. The summed E-state index contributed by atoms with van der Waals surface area (Å²) in [5.74, 6) is -0.217. The third-order valence-electron chi connectivity index (χ3n) is 10.1. The maximum absolute atomic E-state index is 14.0. The van der Waals surface area contributed by atoms with Crippen LogP contribution in [0.25, 0.3) is 93.2 Å². The van der Waals surface area contributed by atoms with Gasteiger partial charge in [-0.2, -0.15) is 0 Å². The van der Waals surface area contributed by atoms with Crippen molar-refractivity contribution in [3.8, 4) is 44.5 Å². The molecule has 0 heterocycles. The van der Waals surface area contributed by atoms with Crippen molar-refractivity contribution >= 4 is 48.7 Å². The summed E-state index contributed by atoms with van der Waals surface area (Å²) >= 11 is 0. The molecule has 0 unspecified atom stereocenters. The summed E-state index contributed by atoms with van der Waals surface area (Å²) in [7, 11) is 0. The van der Waals surface area contributed by atoms with Gasteiger partial charge in [0.15, 0.2) is 0 Å². The van der Waals surface area contributed by atoms with Gasteiger partial charge in [-0.3, -0.25) is 0 Å². The van der Waals surface area contributed by atoms with E-state index in [0.29, 0.717) is 0 Å². The molecule has 9 rings (SSSR count). The van der Waals surface area contributed by atoms with Gasteiger partial charge in [-0.15, -0.1) is 0 Å². The average molecular weight is 641 g/mol. The van der Waals surface area contributed by atoms with Gasteiger partial charge in [0.2, 0.25) is 0 Å². The monoisotopic (exact) mass is 640 g/mol. The molecular formula is C49H33F. The highest BCUT2D eigenvalue weighted by Gasteiger charge is 2.17. The minimum atomic E-state index is -0.217. The van der Waals surface area contributed by atoms with Gasteiger partial charge in [0, 0.05) is 0 Å². The third-order valence-corrected chi connectivity index (χ3v) is 10.1. The minimum Gasteiger partial charge on any atom is -0.207 e. The molecule has 0 aromatic heterocycles. The second-order valence-electron chi connectivity index (χ2n) is 13.3. The van der Waals surface area contributed by atoms with Crippen molar-refractivity contribution in [3.05, 3.63) is 188 Å². The van der Waals surface area contributed by atoms with Crippen LogP contribution < -0.4 is 0 Å². The minimum absolute atomic E-state index is 0.217. The zero-order valence-electron chi connectivity index (χ0n) is 27.8. The lowest BCUT2D eigenvalue weighted by Gasteiger charge is -2.18. The molecule has 0 nitrogen and oxygen atoms in total. The van der Waals surface area contributed by atoms with Crippen molar-refractivity contribution in [1.29, 1.82) is 0 Å². The van der Waals surface area contributed by atoms with Crippen LogP contribution in [0.4, 0.5) is 4.39 Å². The molecule has 0 aliphatic carbocycles. The summed E-state index contributed by atoms with van der Waals surface area (Å²) in [6.45, 7) is 6.19. The van der Waals surface area contributed by atoms with Crippen LogP contribution in [0.5, 0.6) is 0 Å². The second kappa shape index (κ2) is 12.0. The van der Waals surface area contributed by atoms with Crippen LogP contribution in [0.1, 0.15) is 12.5 Å². The van der Waals surface area contributed by atoms with Gasteiger partial charge in [-0.05, 0) is 130 Å². The van der Waals surface area contributed by atoms with E-state index >= 15 is 0 Å². The molecular weight excluding hydrogens is 608 g/mol. The van der Waals surface area contributed by atoms with E-state index < -0.39 is 0 Å². The average Bonchev–Trinajstić information content (AvgIpc) is 3.16. The van der Waals surface area contributed by atoms with Crippen molar-refractivity contribution in [2.75, 3.05) is 0 Å². The quantitative estimate of drug-likeness (QED) is 0.164. The summed E-state index contributed by atoms with van der Waals surface area (Å²) in [6, 6.07) is 59.8. The van der Waals surface area contributed by atoms with Crippen molar-refractivity contribution in [2.45, 2.75) is 6.92 Å². The predicted molar refractivity (Wildman–Crippen MR) is 213 cm³/mol. The van der Waals surface area contributed by atoms with E-state index in [2.05, 4.69) is 165 Å². The van der Waals surface area contributed by atoms with Gasteiger partial charge in [0.1, 0.15) is 5.82 Å². The molecule has 0 radical (unpaired) electrons. The Hall–Kier alpha value is -6.31. The number of hydrogen-bond acceptors (Lipinski definition) is 0. The molecule has 0 spiro atoms. The second-order valence-corrected chi connectivity index (χ2v) is 13.3. The fraction of sp³-hybridized carbons (Fsp3) is 0.0204. The zero-order chi connectivity index (χ0) is 33.8. The van der Waals surface area contributed by atoms with Gasteiger partial charge in [0.25, 0.3) is 0 Å². The topological polar surface area (TPSA) is 0 Å². The van der Waals surface area contributed by atoms with E-state index in [9.17, 15) is 4.39 Å². The SMILES string of the molecule is C=C(C)c1ccc2ccc(-c3ccc(-c4c5ccccc5c(-c5ccc(-c6ccc7ccc(F)cc7c6)cc5)c5ccccc45)cc3)cc2c1. The molecule has 9 aromatic carbocycles. The van der Waals surface area contributed by atoms with Crippen LogP contribution in [-0.4, -0.2) is 0 Å². The number of rotatable bonds is 5. The summed E-state index contributed by atoms with van der Waals surface area (Å²) in [5, 5.41) is 9.30. The van der Waals surface area contributed by atoms with E-state index in [1.54, 1.807) is 6.07 Å². The standard InChI is InChI=1S/C49H33F/c1-31(2)38-22-15-34-16-23-39(28-41(34)27-38)32-11-18-36(19-12-32)48-44-7-3-5-9-46(44)49(47-10-6-4-8-45(47)48)37-20-13-33(14-21-37)40-24-17-35-25-26-43(50)30-42(35)29-40/h3-30H,1H2,2H3. The Kier molecular flexibility index (Phi) is 7.14. The fourth-order valence-corrected chi connectivity index (χ4v) is 7.50. The third kappa shape index (κ3) is 5.16. The lowest BCUT2D eigenvalue weighted by Crippen LogP contribution is -1.91. The van der Waals surface area contributed by atoms with Gasteiger partial charge in [0.05, 0.1) is 0 Å². The number of hydrogen-bond donors (Lipinski definition) is 0. The van der Waals surface area contributed by atoms with Crippen LogP contribution in [0.3, 0.4) is 0 Å². The lowest BCUT2D eigenvalue weighted by molar-refractivity contribution is 0.630. The highest BCUT2D eigenvalue weighted by molar-refractivity contribution is 6.21. The van der Waals surface area contributed by atoms with Crippen LogP contribution in [0, 0.1) is 5.82 Å². The molecule has 0 amide bonds. The Balaban J connectivity index is 1.14. The Morgan fingerprint density at radius 3 is 1.22 bits per heavy atom. The molecule has 50 heavy (non-hydrogen) atoms. The van der Waals surface area contributed by atoms with Gasteiger partial charge in [-0.1, -0.05) is 152 Å². The van der Waals surface area contributed by atoms with Crippen molar-refractivity contribution < 1.29 is 4.39 Å². The number of allylic oxidation sites excluding steroid dienone is 1. The Bertz CT molecular complexity index is 2710. The Morgan fingerprint density at radius 1 is 0.380 bits per heavy atom. The number of fused-ring (bicyclic) bond motifs is 4. The number of benzene rings is 9. The fourth-order valence-electron chi connectivity index (χ4n) is 7.50. The number of halogens is 1. The highest BCUT2D eigenvalue weighted by Crippen LogP contribution is 2.44. The Morgan fingerprint density at radius 2 is 0.760 bits per heavy atom. The Labute approximate surface area is 291 Å². The lowest BCUT2D eigenvalue weighted by atomic mass is 9.85. The molecule has 1 heteroatoms. The molecule has 0 aliphatic heterocycles. The molecule has 0 fully saturated rings. The first-order chi connectivity index (χ1) is 24.5. The smallest absolute Gasteiger partial charge is 0.123 e. The van der Waals surface area contributed by atoms with Gasteiger partial charge in [-0.25, -0.2) is 4.39 Å². The van der Waals surface area contributed by atoms with E-state index in [0.717, 1.165) is 27.5 Å². The van der Waals surface area contributed by atoms with Crippen LogP contribution >= 0.6 is 0 Å². The van der Waals surface area contributed by atoms with Crippen LogP contribution in [-0.2, 0) is 0 Å². The predicted octanol–water partition coefficient (Wildman–Crippen LogP) is 14.1. The van der Waals surface area contributed by atoms with E-state index in [1.165, 1.54) is 77.3 Å². The van der Waals surface area contributed by atoms with Crippen LogP contribution in [0.2, 0.25) is 0 Å². The normalized spacial score (nSPS) is 11.5. The molecule has 0 atom stereocenters. The summed E-state index contributed by atoms with van der Waals surface area (Å²) in [5.41, 5.74) is 11.7. The maximum Gasteiger partial charge on any atom is 0.123 e. The molecule has 9 aromatic rings. The maximum atomic E-state index is 14.0. The molecule has 0 aliphatic rings. The molecule has 0 N–H and O–H groups in total. The van der Waals surface area contributed by atoms with Crippen molar-refractivity contribution in [1.82, 2.24) is 0 Å². The first-order valence-electron chi connectivity index (χ1n) is 17.0. The molecule has 0 bridgehead atoms. The van der Waals surface area contributed by atoms with E-state index in [4.69, 9.17) is 0 Å². The zero-order valence-corrected chi connectivity index (χ0v) is 27.8. The summed E-state index contributed by atoms with van der Waals surface area (Å²) < 4.78 is 14.0. The molecule has 0 saturated carbocycles. The van der Waals surface area contributed by atoms with E-state index in [1.807, 2.05) is 6.07 Å². The van der Waals surface area contributed by atoms with Crippen molar-refractivity contribution in [2.24, 2.45) is 0 Å². The molecule has 0 saturated heterocycles.